The van der Waals surface area contributed by atoms with Crippen LogP contribution in [0.4, 0.5) is 10.2 Å². The van der Waals surface area contributed by atoms with Gasteiger partial charge in [-0.3, -0.25) is 9.67 Å². The van der Waals surface area contributed by atoms with Crippen LogP contribution in [0.1, 0.15) is 18.4 Å². The van der Waals surface area contributed by atoms with E-state index >= 15 is 0 Å². The van der Waals surface area contributed by atoms with Crippen LogP contribution in [0.15, 0.2) is 48.9 Å². The predicted octanol–water partition coefficient (Wildman–Crippen LogP) is 5.64. The van der Waals surface area contributed by atoms with Crippen LogP contribution in [0.5, 0.6) is 5.75 Å². The fourth-order valence-electron chi connectivity index (χ4n) is 4.38. The van der Waals surface area contributed by atoms with E-state index in [1.165, 1.54) is 6.07 Å². The van der Waals surface area contributed by atoms with E-state index in [0.717, 1.165) is 34.6 Å². The third-order valence-electron chi connectivity index (χ3n) is 6.23. The van der Waals surface area contributed by atoms with Crippen LogP contribution < -0.4 is 10.5 Å². The van der Waals surface area contributed by atoms with E-state index in [0.29, 0.717) is 22.6 Å². The Kier molecular flexibility index (Phi) is 4.83. The molecule has 2 N–H and O–H groups in total. The Labute approximate surface area is 204 Å². The zero-order valence-electron chi connectivity index (χ0n) is 18.6. The number of nitriles is 1. The van der Waals surface area contributed by atoms with Crippen LogP contribution in [0.3, 0.4) is 0 Å². The molecule has 0 atom stereocenters. The predicted molar refractivity (Wildman–Crippen MR) is 132 cm³/mol. The molecule has 3 heterocycles. The first-order valence-electron chi connectivity index (χ1n) is 11.0. The van der Waals surface area contributed by atoms with Gasteiger partial charge in [-0.15, -0.1) is 0 Å². The zero-order valence-corrected chi connectivity index (χ0v) is 19.3. The second-order valence-electron chi connectivity index (χ2n) is 8.53. The molecule has 9 heteroatoms. The van der Waals surface area contributed by atoms with Crippen molar-refractivity contribution in [1.29, 1.82) is 5.26 Å². The highest BCUT2D eigenvalue weighted by Gasteiger charge is 2.29. The van der Waals surface area contributed by atoms with E-state index in [-0.39, 0.29) is 28.0 Å². The number of benzene rings is 2. The Balaban J connectivity index is 1.58. The second kappa shape index (κ2) is 7.93. The summed E-state index contributed by atoms with van der Waals surface area (Å²) in [5.41, 5.74) is 9.25. The molecule has 0 aliphatic heterocycles. The molecule has 172 valence electrons. The second-order valence-corrected chi connectivity index (χ2v) is 8.91. The number of fused-ring (bicyclic) bond motifs is 3. The maximum atomic E-state index is 14.9. The third-order valence-corrected chi connectivity index (χ3v) is 6.60. The lowest BCUT2D eigenvalue weighted by Gasteiger charge is -2.15. The molecule has 1 aliphatic rings. The minimum atomic E-state index is -0.657. The van der Waals surface area contributed by atoms with Gasteiger partial charge in [0.15, 0.2) is 0 Å². The van der Waals surface area contributed by atoms with Gasteiger partial charge in [-0.05, 0) is 30.5 Å². The summed E-state index contributed by atoms with van der Waals surface area (Å²) in [5.74, 6) is -0.0679. The Morgan fingerprint density at radius 2 is 2.00 bits per heavy atom. The number of hydrogen-bond donors (Lipinski definition) is 1. The first kappa shape index (κ1) is 21.3. The van der Waals surface area contributed by atoms with Crippen molar-refractivity contribution >= 4 is 39.1 Å². The molecule has 6 rings (SSSR count). The summed E-state index contributed by atoms with van der Waals surface area (Å²) in [4.78, 5) is 8.81. The van der Waals surface area contributed by atoms with E-state index in [1.54, 1.807) is 30.3 Å². The summed E-state index contributed by atoms with van der Waals surface area (Å²) in [7, 11) is 1.72. The average molecular weight is 485 g/mol. The van der Waals surface area contributed by atoms with E-state index in [9.17, 15) is 9.65 Å². The van der Waals surface area contributed by atoms with Crippen molar-refractivity contribution in [2.75, 3.05) is 5.73 Å². The lowest BCUT2D eigenvalue weighted by Crippen LogP contribution is -2.04. The molecule has 0 bridgehead atoms. The van der Waals surface area contributed by atoms with Crippen molar-refractivity contribution in [2.45, 2.75) is 18.9 Å². The highest BCUT2D eigenvalue weighted by Crippen LogP contribution is 2.44. The maximum absolute atomic E-state index is 14.9. The molecule has 35 heavy (non-hydrogen) atoms. The van der Waals surface area contributed by atoms with Crippen LogP contribution >= 0.6 is 11.6 Å². The van der Waals surface area contributed by atoms with Gasteiger partial charge in [0.25, 0.3) is 0 Å². The van der Waals surface area contributed by atoms with E-state index < -0.39 is 5.82 Å². The minimum Gasteiger partial charge on any atom is -0.489 e. The molecule has 1 saturated carbocycles. The average Bonchev–Trinajstić information content (AvgIpc) is 3.60. The summed E-state index contributed by atoms with van der Waals surface area (Å²) >= 11 is 6.45. The first-order valence-corrected chi connectivity index (χ1v) is 11.4. The maximum Gasteiger partial charge on any atom is 0.146 e. The number of nitrogens with zero attached hydrogens (tertiary/aromatic N) is 5. The number of rotatable bonds is 4. The summed E-state index contributed by atoms with van der Waals surface area (Å²) in [6.07, 6.45) is 6.84. The number of nitrogens with two attached hydrogens (primary N) is 1. The SMILES string of the molecule is Cn1ncc(-c2ccc3c(c2)nc(N)c2ccncc23)c1-c1c(Cl)c(F)cc(OC2CC2)c1C#N. The zero-order chi connectivity index (χ0) is 24.3. The Morgan fingerprint density at radius 3 is 2.77 bits per heavy atom. The summed E-state index contributed by atoms with van der Waals surface area (Å²) in [6, 6.07) is 10.9. The Morgan fingerprint density at radius 1 is 1.17 bits per heavy atom. The van der Waals surface area contributed by atoms with Gasteiger partial charge in [0, 0.05) is 52.8 Å². The number of aromatic nitrogens is 4. The van der Waals surface area contributed by atoms with Crippen LogP contribution in [0, 0.1) is 17.1 Å². The highest BCUT2D eigenvalue weighted by atomic mass is 35.5. The first-order chi connectivity index (χ1) is 17.0. The molecule has 1 aliphatic carbocycles. The van der Waals surface area contributed by atoms with Crippen molar-refractivity contribution in [2.24, 2.45) is 7.05 Å². The molecular formula is C26H18ClFN6O. The van der Waals surface area contributed by atoms with Gasteiger partial charge in [0.1, 0.15) is 29.0 Å². The topological polar surface area (TPSA) is 103 Å². The van der Waals surface area contributed by atoms with Gasteiger partial charge in [0.05, 0.1) is 28.5 Å². The lowest BCUT2D eigenvalue weighted by molar-refractivity contribution is 0.301. The third kappa shape index (κ3) is 3.44. The summed E-state index contributed by atoms with van der Waals surface area (Å²) < 4.78 is 22.3. The van der Waals surface area contributed by atoms with Crippen LogP contribution in [0.2, 0.25) is 5.02 Å². The monoisotopic (exact) mass is 484 g/mol. The van der Waals surface area contributed by atoms with Crippen molar-refractivity contribution in [3.8, 4) is 34.2 Å². The molecule has 3 aromatic heterocycles. The molecule has 2 aromatic carbocycles. The number of halogens is 2. The Bertz CT molecular complexity index is 1700. The fraction of sp³-hybridized carbons (Fsp3) is 0.154. The minimum absolute atomic E-state index is 0.0112. The fourth-order valence-corrected chi connectivity index (χ4v) is 4.62. The summed E-state index contributed by atoms with van der Waals surface area (Å²) in [6.45, 7) is 0. The van der Waals surface area contributed by atoms with Crippen molar-refractivity contribution < 1.29 is 9.13 Å². The van der Waals surface area contributed by atoms with Gasteiger partial charge in [-0.1, -0.05) is 23.7 Å². The number of nitrogen functional groups attached to an aromatic ring is 1. The largest absolute Gasteiger partial charge is 0.489 e. The lowest BCUT2D eigenvalue weighted by atomic mass is 9.96. The van der Waals surface area contributed by atoms with Gasteiger partial charge >= 0.3 is 0 Å². The number of pyridine rings is 2. The molecule has 1 fully saturated rings. The number of anilines is 1. The van der Waals surface area contributed by atoms with Crippen LogP contribution in [-0.2, 0) is 7.05 Å². The molecular weight excluding hydrogens is 467 g/mol. The molecule has 0 unspecified atom stereocenters. The molecule has 0 saturated heterocycles. The number of ether oxygens (including phenoxy) is 1. The molecule has 5 aromatic rings. The van der Waals surface area contributed by atoms with Crippen molar-refractivity contribution in [3.63, 3.8) is 0 Å². The molecule has 0 amide bonds. The highest BCUT2D eigenvalue weighted by molar-refractivity contribution is 6.34. The van der Waals surface area contributed by atoms with E-state index in [2.05, 4.69) is 21.1 Å². The van der Waals surface area contributed by atoms with Gasteiger partial charge < -0.3 is 10.5 Å². The van der Waals surface area contributed by atoms with Gasteiger partial charge in [-0.2, -0.15) is 10.4 Å². The van der Waals surface area contributed by atoms with Crippen molar-refractivity contribution in [1.82, 2.24) is 19.7 Å². The quantitative estimate of drug-likeness (QED) is 0.331. The van der Waals surface area contributed by atoms with Crippen molar-refractivity contribution in [3.05, 3.63) is 65.3 Å². The van der Waals surface area contributed by atoms with Gasteiger partial charge in [-0.25, -0.2) is 9.37 Å². The molecule has 7 nitrogen and oxygen atoms in total. The van der Waals surface area contributed by atoms with E-state index in [4.69, 9.17) is 22.1 Å². The molecule has 0 spiro atoms. The smallest absolute Gasteiger partial charge is 0.146 e. The number of aryl methyl sites for hydroxylation is 1. The summed E-state index contributed by atoms with van der Waals surface area (Å²) in [5, 5.41) is 16.9. The van der Waals surface area contributed by atoms with E-state index in [1.807, 2.05) is 24.3 Å². The standard InChI is InChI=1S/C26H18ClFN6O/c1-34-25(23-17(10-29)22(35-14-3-4-14)9-20(28)24(23)27)18(12-32-34)13-2-5-15-19-11-31-7-6-16(19)26(30)33-21(15)8-13/h2,5-9,11-12,14H,3-4H2,1H3,(H2,30,33). The number of hydrogen-bond acceptors (Lipinski definition) is 6. The Hall–Kier alpha value is -4.22. The normalized spacial score (nSPS) is 13.3. The van der Waals surface area contributed by atoms with Gasteiger partial charge in [0.2, 0.25) is 0 Å². The van der Waals surface area contributed by atoms with Crippen LogP contribution in [-0.4, -0.2) is 25.9 Å². The molecule has 0 radical (unpaired) electrons. The van der Waals surface area contributed by atoms with Crippen LogP contribution in [0.25, 0.3) is 44.1 Å².